The highest BCUT2D eigenvalue weighted by Crippen LogP contribution is 2.33. The third-order valence-electron chi connectivity index (χ3n) is 6.59. The van der Waals surface area contributed by atoms with Crippen molar-refractivity contribution >= 4 is 23.5 Å². The normalized spacial score (nSPS) is 13.6. The SMILES string of the molecule is CCCOc1cc(N2C(=O)c3ccccc3C2=O)ccc1CCc1ccc(C[C@@H](CC)C(=O)O)cc1. The molecule has 0 spiro atoms. The standard InChI is InChI=1S/C30H31NO5/c1-3-17-36-27-19-24(31-28(32)25-7-5-6-8-26(25)29(31)33)16-15-23(27)14-13-20-9-11-21(12-10-20)18-22(4-2)30(34)35/h5-12,15-16,19,22H,3-4,13-14,17-18H2,1-2H3,(H,34,35)/t22-/m1/s1. The van der Waals surface area contributed by atoms with Crippen LogP contribution in [0.3, 0.4) is 0 Å². The average molecular weight is 486 g/mol. The summed E-state index contributed by atoms with van der Waals surface area (Å²) in [6, 6.07) is 20.5. The molecule has 1 aliphatic rings. The largest absolute Gasteiger partial charge is 0.493 e. The minimum atomic E-state index is -0.758. The molecular weight excluding hydrogens is 454 g/mol. The Morgan fingerprint density at radius 1 is 0.889 bits per heavy atom. The molecule has 1 heterocycles. The number of ether oxygens (including phenoxy) is 1. The molecule has 1 N–H and O–H groups in total. The number of carboxylic acids is 1. The number of hydrogen-bond acceptors (Lipinski definition) is 4. The number of hydrogen-bond donors (Lipinski definition) is 1. The molecule has 36 heavy (non-hydrogen) atoms. The van der Waals surface area contributed by atoms with E-state index in [9.17, 15) is 19.5 Å². The van der Waals surface area contributed by atoms with E-state index in [1.54, 1.807) is 36.4 Å². The van der Waals surface area contributed by atoms with Crippen LogP contribution in [0.5, 0.6) is 5.75 Å². The third-order valence-corrected chi connectivity index (χ3v) is 6.59. The Morgan fingerprint density at radius 3 is 2.11 bits per heavy atom. The second-order valence-electron chi connectivity index (χ2n) is 9.10. The number of carbonyl (C=O) groups is 3. The van der Waals surface area contributed by atoms with E-state index in [4.69, 9.17) is 4.74 Å². The fourth-order valence-electron chi connectivity index (χ4n) is 4.47. The van der Waals surface area contributed by atoms with Crippen LogP contribution in [0.25, 0.3) is 0 Å². The Labute approximate surface area is 211 Å². The van der Waals surface area contributed by atoms with E-state index >= 15 is 0 Å². The summed E-state index contributed by atoms with van der Waals surface area (Å²) >= 11 is 0. The van der Waals surface area contributed by atoms with Gasteiger partial charge in [0.05, 0.1) is 29.3 Å². The van der Waals surface area contributed by atoms with E-state index < -0.39 is 5.97 Å². The highest BCUT2D eigenvalue weighted by atomic mass is 16.5. The molecule has 0 aromatic heterocycles. The number of anilines is 1. The molecule has 1 atom stereocenters. The fourth-order valence-corrected chi connectivity index (χ4v) is 4.47. The number of amides is 2. The quantitative estimate of drug-likeness (QED) is 0.352. The van der Waals surface area contributed by atoms with Crippen LogP contribution < -0.4 is 9.64 Å². The van der Waals surface area contributed by atoms with Crippen molar-refractivity contribution in [2.75, 3.05) is 11.5 Å². The molecule has 0 fully saturated rings. The molecule has 2 amide bonds. The van der Waals surface area contributed by atoms with E-state index in [2.05, 4.69) is 0 Å². The van der Waals surface area contributed by atoms with E-state index in [1.165, 1.54) is 4.90 Å². The minimum absolute atomic E-state index is 0.321. The zero-order chi connectivity index (χ0) is 25.7. The van der Waals surface area contributed by atoms with Crippen LogP contribution in [-0.2, 0) is 24.1 Å². The lowest BCUT2D eigenvalue weighted by atomic mass is 9.95. The van der Waals surface area contributed by atoms with Crippen molar-refractivity contribution in [3.8, 4) is 5.75 Å². The first-order valence-corrected chi connectivity index (χ1v) is 12.5. The highest BCUT2D eigenvalue weighted by Gasteiger charge is 2.36. The molecule has 186 valence electrons. The van der Waals surface area contributed by atoms with Gasteiger partial charge in [-0.15, -0.1) is 0 Å². The van der Waals surface area contributed by atoms with Gasteiger partial charge in [-0.1, -0.05) is 56.3 Å². The first-order chi connectivity index (χ1) is 17.4. The molecule has 0 unspecified atom stereocenters. The molecule has 0 saturated carbocycles. The molecule has 0 bridgehead atoms. The summed E-state index contributed by atoms with van der Waals surface area (Å²) in [5.74, 6) is -1.09. The molecule has 4 rings (SSSR count). The van der Waals surface area contributed by atoms with Crippen LogP contribution in [0.2, 0.25) is 0 Å². The van der Waals surface area contributed by atoms with Crippen molar-refractivity contribution in [2.24, 2.45) is 5.92 Å². The molecular formula is C30H31NO5. The van der Waals surface area contributed by atoms with Gasteiger partial charge in [0, 0.05) is 6.07 Å². The molecule has 6 nitrogen and oxygen atoms in total. The second kappa shape index (κ2) is 11.2. The summed E-state index contributed by atoms with van der Waals surface area (Å²) in [5, 5.41) is 9.30. The maximum Gasteiger partial charge on any atom is 0.306 e. The van der Waals surface area contributed by atoms with Gasteiger partial charge < -0.3 is 9.84 Å². The van der Waals surface area contributed by atoms with Crippen molar-refractivity contribution in [1.82, 2.24) is 0 Å². The van der Waals surface area contributed by atoms with Gasteiger partial charge in [-0.25, -0.2) is 4.90 Å². The van der Waals surface area contributed by atoms with Crippen LogP contribution in [0, 0.1) is 5.92 Å². The number of benzene rings is 3. The Hall–Kier alpha value is -3.93. The predicted molar refractivity (Wildman–Crippen MR) is 139 cm³/mol. The Kier molecular flexibility index (Phi) is 7.84. The van der Waals surface area contributed by atoms with Gasteiger partial charge in [-0.2, -0.15) is 0 Å². The van der Waals surface area contributed by atoms with Crippen molar-refractivity contribution in [1.29, 1.82) is 0 Å². The van der Waals surface area contributed by atoms with Gasteiger partial charge in [0.2, 0.25) is 0 Å². The van der Waals surface area contributed by atoms with E-state index in [0.29, 0.717) is 42.0 Å². The van der Waals surface area contributed by atoms with Crippen molar-refractivity contribution in [3.05, 3.63) is 94.5 Å². The average Bonchev–Trinajstić information content (AvgIpc) is 3.15. The predicted octanol–water partition coefficient (Wildman–Crippen LogP) is 5.71. The topological polar surface area (TPSA) is 83.9 Å². The second-order valence-corrected chi connectivity index (χ2v) is 9.10. The summed E-state index contributed by atoms with van der Waals surface area (Å²) in [4.78, 5) is 38.4. The van der Waals surface area contributed by atoms with Gasteiger partial charge in [-0.3, -0.25) is 14.4 Å². The van der Waals surface area contributed by atoms with Crippen molar-refractivity contribution in [2.45, 2.75) is 46.0 Å². The van der Waals surface area contributed by atoms with Crippen molar-refractivity contribution < 1.29 is 24.2 Å². The number of nitrogens with zero attached hydrogens (tertiary/aromatic N) is 1. The number of aliphatic carboxylic acids is 1. The zero-order valence-electron chi connectivity index (χ0n) is 20.7. The van der Waals surface area contributed by atoms with Gasteiger partial charge in [-0.05, 0) is 67.0 Å². The maximum atomic E-state index is 12.9. The molecule has 1 aliphatic heterocycles. The fraction of sp³-hybridized carbons (Fsp3) is 0.300. The van der Waals surface area contributed by atoms with Gasteiger partial charge in [0.15, 0.2) is 0 Å². The van der Waals surface area contributed by atoms with E-state index in [-0.39, 0.29) is 17.7 Å². The monoisotopic (exact) mass is 485 g/mol. The molecule has 3 aromatic carbocycles. The van der Waals surface area contributed by atoms with Gasteiger partial charge in [0.1, 0.15) is 5.75 Å². The van der Waals surface area contributed by atoms with Crippen LogP contribution >= 0.6 is 0 Å². The molecule has 0 radical (unpaired) electrons. The Bertz CT molecular complexity index is 1230. The van der Waals surface area contributed by atoms with E-state index in [1.807, 2.05) is 44.2 Å². The first kappa shape index (κ1) is 25.2. The molecule has 0 aliphatic carbocycles. The van der Waals surface area contributed by atoms with Crippen LogP contribution in [0.15, 0.2) is 66.7 Å². The van der Waals surface area contributed by atoms with Crippen molar-refractivity contribution in [3.63, 3.8) is 0 Å². The first-order valence-electron chi connectivity index (χ1n) is 12.5. The van der Waals surface area contributed by atoms with Crippen LogP contribution in [0.4, 0.5) is 5.69 Å². The number of fused-ring (bicyclic) bond motifs is 1. The summed E-state index contributed by atoms with van der Waals surface area (Å²) in [5.41, 5.74) is 4.51. The maximum absolute atomic E-state index is 12.9. The Balaban J connectivity index is 1.49. The van der Waals surface area contributed by atoms with Crippen LogP contribution in [-0.4, -0.2) is 29.5 Å². The van der Waals surface area contributed by atoms with Gasteiger partial charge in [0.25, 0.3) is 11.8 Å². The lowest BCUT2D eigenvalue weighted by Gasteiger charge is -2.18. The summed E-state index contributed by atoms with van der Waals surface area (Å²) in [6.07, 6.45) is 3.49. The molecule has 3 aromatic rings. The third kappa shape index (κ3) is 5.33. The summed E-state index contributed by atoms with van der Waals surface area (Å²) in [6.45, 7) is 4.46. The lowest BCUT2D eigenvalue weighted by molar-refractivity contribution is -0.141. The van der Waals surface area contributed by atoms with E-state index in [0.717, 1.165) is 36.0 Å². The zero-order valence-corrected chi connectivity index (χ0v) is 20.7. The Morgan fingerprint density at radius 2 is 1.53 bits per heavy atom. The number of aryl methyl sites for hydroxylation is 2. The van der Waals surface area contributed by atoms with Crippen LogP contribution in [0.1, 0.15) is 64.1 Å². The lowest BCUT2D eigenvalue weighted by Crippen LogP contribution is -2.29. The highest BCUT2D eigenvalue weighted by molar-refractivity contribution is 6.34. The molecule has 6 heteroatoms. The minimum Gasteiger partial charge on any atom is -0.493 e. The smallest absolute Gasteiger partial charge is 0.306 e. The summed E-state index contributed by atoms with van der Waals surface area (Å²) < 4.78 is 6.02. The summed E-state index contributed by atoms with van der Waals surface area (Å²) in [7, 11) is 0. The van der Waals surface area contributed by atoms with Gasteiger partial charge >= 0.3 is 5.97 Å². The molecule has 0 saturated heterocycles. The number of imide groups is 1. The number of carbonyl (C=O) groups excluding carboxylic acids is 2. The number of carboxylic acid groups (broad SMARTS) is 1. The number of rotatable bonds is 11.